The normalized spacial score (nSPS) is 11.5. The van der Waals surface area contributed by atoms with E-state index in [0.717, 1.165) is 49.3 Å². The van der Waals surface area contributed by atoms with Gasteiger partial charge in [0.1, 0.15) is 0 Å². The van der Waals surface area contributed by atoms with Gasteiger partial charge in [-0.2, -0.15) is 0 Å². The van der Waals surface area contributed by atoms with E-state index in [1.54, 1.807) is 0 Å². The highest BCUT2D eigenvalue weighted by molar-refractivity contribution is 6.24. The number of fused-ring (bicyclic) bond motifs is 5. The molecule has 0 unspecified atom stereocenters. The number of aryl methyl sites for hydroxylation is 2. The molecule has 5 aromatic carbocycles. The summed E-state index contributed by atoms with van der Waals surface area (Å²) in [5.41, 5.74) is 19.5. The quantitative estimate of drug-likeness (QED) is 0.261. The zero-order chi connectivity index (χ0) is 19.4. The van der Waals surface area contributed by atoms with Gasteiger partial charge < -0.3 is 11.5 Å². The molecule has 2 nitrogen and oxygen atoms in total. The molecule has 4 N–H and O–H groups in total. The minimum absolute atomic E-state index is 0.797. The Morgan fingerprint density at radius 3 is 2.00 bits per heavy atom. The highest BCUT2D eigenvalue weighted by Crippen LogP contribution is 2.41. The van der Waals surface area contributed by atoms with Crippen LogP contribution in [-0.2, 0) is 0 Å². The van der Waals surface area contributed by atoms with Crippen molar-refractivity contribution in [2.24, 2.45) is 0 Å². The number of benzene rings is 5. The van der Waals surface area contributed by atoms with E-state index < -0.39 is 0 Å². The molecular formula is C26H22N2. The maximum Gasteiger partial charge on any atom is 0.0406 e. The summed E-state index contributed by atoms with van der Waals surface area (Å²) < 4.78 is 0. The lowest BCUT2D eigenvalue weighted by atomic mass is 9.90. The number of anilines is 2. The smallest absolute Gasteiger partial charge is 0.0406 e. The van der Waals surface area contributed by atoms with Crippen molar-refractivity contribution >= 4 is 43.7 Å². The monoisotopic (exact) mass is 362 g/mol. The summed E-state index contributed by atoms with van der Waals surface area (Å²) in [7, 11) is 0. The lowest BCUT2D eigenvalue weighted by molar-refractivity contribution is 1.34. The van der Waals surface area contributed by atoms with Crippen LogP contribution in [0.2, 0.25) is 0 Å². The van der Waals surface area contributed by atoms with Crippen molar-refractivity contribution < 1.29 is 0 Å². The molecule has 0 aliphatic heterocycles. The van der Waals surface area contributed by atoms with Crippen LogP contribution >= 0.6 is 0 Å². The van der Waals surface area contributed by atoms with Gasteiger partial charge in [0.15, 0.2) is 0 Å². The summed E-state index contributed by atoms with van der Waals surface area (Å²) in [4.78, 5) is 0. The van der Waals surface area contributed by atoms with Crippen LogP contribution in [0.1, 0.15) is 11.1 Å². The minimum Gasteiger partial charge on any atom is -0.398 e. The predicted molar refractivity (Wildman–Crippen MR) is 123 cm³/mol. The molecule has 0 fully saturated rings. The fourth-order valence-corrected chi connectivity index (χ4v) is 4.27. The van der Waals surface area contributed by atoms with Crippen molar-refractivity contribution in [2.75, 3.05) is 11.5 Å². The molecule has 2 heteroatoms. The van der Waals surface area contributed by atoms with E-state index in [4.69, 9.17) is 11.5 Å². The average Bonchev–Trinajstić information content (AvgIpc) is 2.71. The van der Waals surface area contributed by atoms with Gasteiger partial charge in [-0.15, -0.1) is 0 Å². The summed E-state index contributed by atoms with van der Waals surface area (Å²) >= 11 is 0. The molecule has 0 atom stereocenters. The van der Waals surface area contributed by atoms with Crippen LogP contribution in [0.4, 0.5) is 11.4 Å². The van der Waals surface area contributed by atoms with Crippen LogP contribution in [0, 0.1) is 13.8 Å². The molecule has 0 radical (unpaired) electrons. The maximum atomic E-state index is 6.63. The van der Waals surface area contributed by atoms with E-state index in [-0.39, 0.29) is 0 Å². The Labute approximate surface area is 164 Å². The third-order valence-electron chi connectivity index (χ3n) is 5.88. The summed E-state index contributed by atoms with van der Waals surface area (Å²) in [5.74, 6) is 0. The Bertz CT molecular complexity index is 1400. The molecule has 0 aromatic heterocycles. The molecule has 136 valence electrons. The Balaban J connectivity index is 1.94. The number of hydrogen-bond donors (Lipinski definition) is 2. The van der Waals surface area contributed by atoms with Crippen LogP contribution < -0.4 is 11.5 Å². The van der Waals surface area contributed by atoms with Crippen molar-refractivity contribution in [3.8, 4) is 11.1 Å². The molecule has 5 rings (SSSR count). The Kier molecular flexibility index (Phi) is 3.56. The molecular weight excluding hydrogens is 340 g/mol. The zero-order valence-corrected chi connectivity index (χ0v) is 16.1. The highest BCUT2D eigenvalue weighted by atomic mass is 14.6. The summed E-state index contributed by atoms with van der Waals surface area (Å²) in [5, 5.41) is 6.73. The number of rotatable bonds is 1. The molecule has 0 heterocycles. The van der Waals surface area contributed by atoms with Gasteiger partial charge in [0.05, 0.1) is 0 Å². The average molecular weight is 362 g/mol. The molecule has 5 aromatic rings. The van der Waals surface area contributed by atoms with Crippen LogP contribution in [0.15, 0.2) is 72.8 Å². The number of nitrogen functional groups attached to an aromatic ring is 2. The van der Waals surface area contributed by atoms with Crippen LogP contribution in [-0.4, -0.2) is 0 Å². The van der Waals surface area contributed by atoms with Gasteiger partial charge in [0.2, 0.25) is 0 Å². The lowest BCUT2D eigenvalue weighted by Gasteiger charge is -2.15. The summed E-state index contributed by atoms with van der Waals surface area (Å²) in [6.45, 7) is 4.29. The molecule has 0 saturated carbocycles. The first-order valence-electron chi connectivity index (χ1n) is 9.54. The standard InChI is InChI=1S/C26H22N2/c1-15-10-11-17(12-16(15)2)18-8-5-9-21-23-13-24(27)20-7-4-3-6-19(20)22(23)14-25(28)26(18)21/h3-14H,27-28H2,1-2H3. The second-order valence-electron chi connectivity index (χ2n) is 7.60. The third kappa shape index (κ3) is 2.35. The lowest BCUT2D eigenvalue weighted by Crippen LogP contribution is -1.94. The third-order valence-corrected chi connectivity index (χ3v) is 5.88. The molecule has 0 saturated heterocycles. The largest absolute Gasteiger partial charge is 0.398 e. The molecule has 28 heavy (non-hydrogen) atoms. The van der Waals surface area contributed by atoms with Gasteiger partial charge in [-0.1, -0.05) is 60.7 Å². The Morgan fingerprint density at radius 2 is 1.21 bits per heavy atom. The Hall–Kier alpha value is -3.52. The molecule has 0 aliphatic rings. The fourth-order valence-electron chi connectivity index (χ4n) is 4.27. The molecule has 0 spiro atoms. The van der Waals surface area contributed by atoms with E-state index in [9.17, 15) is 0 Å². The van der Waals surface area contributed by atoms with E-state index in [1.807, 2.05) is 12.1 Å². The SMILES string of the molecule is Cc1ccc(-c2cccc3c2c(N)cc2c4ccccc4c(N)cc32)cc1C. The number of hydrogen-bond acceptors (Lipinski definition) is 2. The van der Waals surface area contributed by atoms with Crippen molar-refractivity contribution in [1.29, 1.82) is 0 Å². The van der Waals surface area contributed by atoms with Gasteiger partial charge in [-0.3, -0.25) is 0 Å². The first-order valence-corrected chi connectivity index (χ1v) is 9.54. The molecule has 0 aliphatic carbocycles. The molecule has 0 bridgehead atoms. The van der Waals surface area contributed by atoms with Gasteiger partial charge in [-0.25, -0.2) is 0 Å². The Morgan fingerprint density at radius 1 is 0.536 bits per heavy atom. The van der Waals surface area contributed by atoms with E-state index in [0.29, 0.717) is 0 Å². The van der Waals surface area contributed by atoms with Gasteiger partial charge in [0, 0.05) is 22.1 Å². The van der Waals surface area contributed by atoms with E-state index >= 15 is 0 Å². The van der Waals surface area contributed by atoms with Crippen molar-refractivity contribution in [2.45, 2.75) is 13.8 Å². The van der Waals surface area contributed by atoms with Crippen molar-refractivity contribution in [1.82, 2.24) is 0 Å². The summed E-state index contributed by atoms with van der Waals surface area (Å²) in [6, 6.07) is 25.4. The molecule has 0 amide bonds. The van der Waals surface area contributed by atoms with Crippen LogP contribution in [0.25, 0.3) is 43.4 Å². The maximum absolute atomic E-state index is 6.63. The first kappa shape index (κ1) is 16.6. The van der Waals surface area contributed by atoms with E-state index in [1.165, 1.54) is 16.7 Å². The van der Waals surface area contributed by atoms with Gasteiger partial charge in [0.25, 0.3) is 0 Å². The highest BCUT2D eigenvalue weighted by Gasteiger charge is 2.13. The van der Waals surface area contributed by atoms with Crippen LogP contribution in [0.5, 0.6) is 0 Å². The second kappa shape index (κ2) is 6.00. The van der Waals surface area contributed by atoms with Gasteiger partial charge >= 0.3 is 0 Å². The van der Waals surface area contributed by atoms with Gasteiger partial charge in [-0.05, 0) is 69.8 Å². The minimum atomic E-state index is 0.797. The van der Waals surface area contributed by atoms with Crippen molar-refractivity contribution in [3.05, 3.63) is 83.9 Å². The van der Waals surface area contributed by atoms with Crippen LogP contribution in [0.3, 0.4) is 0 Å². The van der Waals surface area contributed by atoms with E-state index in [2.05, 4.69) is 74.5 Å². The predicted octanol–water partition coefficient (Wildman–Crippen LogP) is 6.59. The van der Waals surface area contributed by atoms with Crippen molar-refractivity contribution in [3.63, 3.8) is 0 Å². The summed E-state index contributed by atoms with van der Waals surface area (Å²) in [6.07, 6.45) is 0. The second-order valence-corrected chi connectivity index (χ2v) is 7.60. The zero-order valence-electron chi connectivity index (χ0n) is 16.1. The topological polar surface area (TPSA) is 52.0 Å². The first-order chi connectivity index (χ1) is 13.5. The number of nitrogens with two attached hydrogens (primary N) is 2. The fraction of sp³-hybridized carbons (Fsp3) is 0.0769.